The molecule has 0 fully saturated rings. The number of fused-ring (bicyclic) bond motifs is 2. The highest BCUT2D eigenvalue weighted by Gasteiger charge is 2.11. The Morgan fingerprint density at radius 3 is 1.50 bits per heavy atom. The van der Waals surface area contributed by atoms with E-state index in [-0.39, 0.29) is 27.6 Å². The molecule has 0 saturated carbocycles. The molecular weight excluding hydrogens is 256 g/mol. The summed E-state index contributed by atoms with van der Waals surface area (Å²) < 4.78 is 0. The maximum Gasteiger partial charge on any atom is 0.0871 e. The summed E-state index contributed by atoms with van der Waals surface area (Å²) in [6, 6.07) is 18.7. The van der Waals surface area contributed by atoms with Crippen molar-refractivity contribution in [3.63, 3.8) is 0 Å². The number of rotatable bonds is 0. The second-order valence-corrected chi connectivity index (χ2v) is 21.2. The standard InChI is InChI=1S/C12H16Si4/c1-3-7-11-9(5-1)13-10-6-2-4-8-12(10)15-16-14-11/h1-8H,13-16H2. The molecule has 3 rings (SSSR count). The predicted octanol–water partition coefficient (Wildman–Crippen LogP) is -3.59. The maximum absolute atomic E-state index is 2.43. The first-order valence-corrected chi connectivity index (χ1v) is 16.9. The zero-order chi connectivity index (χ0) is 10.8. The van der Waals surface area contributed by atoms with Crippen LogP contribution in [0.15, 0.2) is 48.5 Å². The topological polar surface area (TPSA) is 0 Å². The molecule has 0 radical (unpaired) electrons. The first kappa shape index (κ1) is 10.5. The Morgan fingerprint density at radius 1 is 0.562 bits per heavy atom. The first-order valence-electron chi connectivity index (χ1n) is 6.07. The first-order chi connectivity index (χ1) is 7.93. The fourth-order valence-electron chi connectivity index (χ4n) is 2.62. The summed E-state index contributed by atoms with van der Waals surface area (Å²) in [4.78, 5) is 0. The zero-order valence-electron chi connectivity index (χ0n) is 9.45. The Morgan fingerprint density at radius 2 is 1.00 bits per heavy atom. The third-order valence-electron chi connectivity index (χ3n) is 3.51. The summed E-state index contributed by atoms with van der Waals surface area (Å²) in [5, 5.41) is 7.20. The highest BCUT2D eigenvalue weighted by Crippen LogP contribution is 1.85. The van der Waals surface area contributed by atoms with Gasteiger partial charge in [-0.2, -0.15) is 0 Å². The monoisotopic (exact) mass is 272 g/mol. The van der Waals surface area contributed by atoms with Crippen LogP contribution in [0.5, 0.6) is 0 Å². The van der Waals surface area contributed by atoms with Crippen molar-refractivity contribution in [3.8, 4) is 0 Å². The normalized spacial score (nSPS) is 20.5. The minimum atomic E-state index is -0.160. The van der Waals surface area contributed by atoms with E-state index in [1.165, 1.54) is 0 Å². The van der Waals surface area contributed by atoms with Crippen LogP contribution in [-0.2, 0) is 0 Å². The smallest absolute Gasteiger partial charge is 0.0714 e. The van der Waals surface area contributed by atoms with E-state index in [0.717, 1.165) is 0 Å². The highest BCUT2D eigenvalue weighted by molar-refractivity contribution is 7.36. The number of hydrogen-bond donors (Lipinski definition) is 0. The predicted molar refractivity (Wildman–Crippen MR) is 85.6 cm³/mol. The van der Waals surface area contributed by atoms with Crippen LogP contribution in [0.3, 0.4) is 0 Å². The van der Waals surface area contributed by atoms with Gasteiger partial charge in [-0.15, -0.1) is 0 Å². The van der Waals surface area contributed by atoms with Crippen LogP contribution in [0.25, 0.3) is 0 Å². The Labute approximate surface area is 105 Å². The summed E-state index contributed by atoms with van der Waals surface area (Å²) in [7, 11) is 0.566. The van der Waals surface area contributed by atoms with Crippen molar-refractivity contribution < 1.29 is 0 Å². The zero-order valence-corrected chi connectivity index (χ0v) is 15.1. The summed E-state index contributed by atoms with van der Waals surface area (Å²) in [6.45, 7) is 0. The summed E-state index contributed by atoms with van der Waals surface area (Å²) in [6.07, 6.45) is 0. The van der Waals surface area contributed by atoms with Gasteiger partial charge in [0.05, 0.1) is 9.52 Å². The molecule has 0 amide bonds. The van der Waals surface area contributed by atoms with Gasteiger partial charge in [-0.1, -0.05) is 69.3 Å². The molecule has 0 spiro atoms. The summed E-state index contributed by atoms with van der Waals surface area (Å²) >= 11 is 0. The van der Waals surface area contributed by atoms with Crippen LogP contribution in [-0.4, -0.2) is 36.1 Å². The molecule has 0 nitrogen and oxygen atoms in total. The Hall–Kier alpha value is -0.692. The van der Waals surface area contributed by atoms with E-state index in [1.54, 1.807) is 10.4 Å². The average Bonchev–Trinajstić information content (AvgIpc) is 2.29. The van der Waals surface area contributed by atoms with E-state index >= 15 is 0 Å². The molecule has 0 saturated heterocycles. The molecule has 1 aliphatic rings. The third kappa shape index (κ3) is 2.06. The second kappa shape index (κ2) is 4.66. The Balaban J connectivity index is 2.06. The molecule has 80 valence electrons. The van der Waals surface area contributed by atoms with Crippen LogP contribution in [0.1, 0.15) is 0 Å². The Kier molecular flexibility index (Phi) is 3.05. The average molecular weight is 273 g/mol. The van der Waals surface area contributed by atoms with Crippen LogP contribution >= 0.6 is 0 Å². The SMILES string of the molecule is c1ccc2c(c1)[SiH2][SiH2][SiH2]c1ccccc1[SiH2]2. The van der Waals surface area contributed by atoms with Gasteiger partial charge < -0.3 is 0 Å². The van der Waals surface area contributed by atoms with Crippen molar-refractivity contribution in [3.05, 3.63) is 48.5 Å². The molecule has 0 atom stereocenters. The van der Waals surface area contributed by atoms with Gasteiger partial charge in [0.25, 0.3) is 0 Å². The van der Waals surface area contributed by atoms with Gasteiger partial charge >= 0.3 is 0 Å². The molecule has 2 aromatic carbocycles. The van der Waals surface area contributed by atoms with Gasteiger partial charge in [-0.25, -0.2) is 0 Å². The molecular formula is C12H16Si4. The van der Waals surface area contributed by atoms with Crippen molar-refractivity contribution in [2.24, 2.45) is 0 Å². The molecule has 2 aromatic rings. The van der Waals surface area contributed by atoms with Crippen LogP contribution in [0.2, 0.25) is 0 Å². The maximum atomic E-state index is 2.43. The van der Waals surface area contributed by atoms with Gasteiger partial charge in [0.2, 0.25) is 0 Å². The number of hydrogen-bond acceptors (Lipinski definition) is 0. The molecule has 4 heteroatoms. The minimum absolute atomic E-state index is 0.160. The van der Waals surface area contributed by atoms with Crippen molar-refractivity contribution in [2.45, 2.75) is 0 Å². The summed E-state index contributed by atoms with van der Waals surface area (Å²) in [5.74, 6) is 0. The lowest BCUT2D eigenvalue weighted by atomic mass is 10.3. The highest BCUT2D eigenvalue weighted by atomic mass is 29.5. The number of benzene rings is 2. The lowest BCUT2D eigenvalue weighted by Gasteiger charge is -2.15. The fraction of sp³-hybridized carbons (Fsp3) is 0. The van der Waals surface area contributed by atoms with E-state index in [0.29, 0.717) is 8.55 Å². The quantitative estimate of drug-likeness (QED) is 0.435. The van der Waals surface area contributed by atoms with Crippen molar-refractivity contribution in [1.29, 1.82) is 0 Å². The lowest BCUT2D eigenvalue weighted by Crippen LogP contribution is -2.53. The lowest BCUT2D eigenvalue weighted by molar-refractivity contribution is 1.80. The van der Waals surface area contributed by atoms with Gasteiger partial charge in [0.1, 0.15) is 0 Å². The molecule has 16 heavy (non-hydrogen) atoms. The third-order valence-corrected chi connectivity index (χ3v) is 21.5. The van der Waals surface area contributed by atoms with E-state index in [4.69, 9.17) is 0 Å². The molecule has 1 aliphatic heterocycles. The largest absolute Gasteiger partial charge is 0.0871 e. The van der Waals surface area contributed by atoms with E-state index in [2.05, 4.69) is 48.5 Å². The van der Waals surface area contributed by atoms with Gasteiger partial charge in [0, 0.05) is 26.6 Å². The van der Waals surface area contributed by atoms with Crippen LogP contribution < -0.4 is 20.7 Å². The van der Waals surface area contributed by atoms with Gasteiger partial charge in [-0.3, -0.25) is 0 Å². The van der Waals surface area contributed by atoms with E-state index in [9.17, 15) is 0 Å². The molecule has 0 aromatic heterocycles. The van der Waals surface area contributed by atoms with Crippen molar-refractivity contribution in [2.75, 3.05) is 0 Å². The second-order valence-electron chi connectivity index (χ2n) is 4.57. The molecule has 1 heterocycles. The van der Waals surface area contributed by atoms with Crippen molar-refractivity contribution >= 4 is 56.9 Å². The molecule has 0 unspecified atom stereocenters. The minimum Gasteiger partial charge on any atom is -0.0714 e. The van der Waals surface area contributed by atoms with E-state index in [1.807, 2.05) is 10.4 Å². The molecule has 0 bridgehead atoms. The van der Waals surface area contributed by atoms with Crippen LogP contribution in [0, 0.1) is 0 Å². The van der Waals surface area contributed by atoms with Gasteiger partial charge in [0.15, 0.2) is 0 Å². The van der Waals surface area contributed by atoms with E-state index < -0.39 is 0 Å². The molecule has 0 aliphatic carbocycles. The van der Waals surface area contributed by atoms with Crippen molar-refractivity contribution in [1.82, 2.24) is 0 Å². The summed E-state index contributed by atoms with van der Waals surface area (Å²) in [5.41, 5.74) is 0. The Bertz CT molecular complexity index is 464. The molecule has 0 N–H and O–H groups in total. The fourth-order valence-corrected chi connectivity index (χ4v) is 24.8. The van der Waals surface area contributed by atoms with Gasteiger partial charge in [-0.05, 0) is 0 Å². The van der Waals surface area contributed by atoms with Crippen LogP contribution in [0.4, 0.5) is 0 Å².